The number of likely N-dealkylation sites (N-methyl/N-ethyl adjacent to an activating group) is 1. The van der Waals surface area contributed by atoms with Crippen molar-refractivity contribution in [1.82, 2.24) is 9.80 Å². The Labute approximate surface area is 206 Å². The Morgan fingerprint density at radius 3 is 2.40 bits per heavy atom. The van der Waals surface area contributed by atoms with Crippen LogP contribution in [0.1, 0.15) is 37.9 Å². The summed E-state index contributed by atoms with van der Waals surface area (Å²) in [5, 5.41) is 0. The number of nitrogen functional groups attached to an aromatic ring is 1. The highest BCUT2D eigenvalue weighted by Gasteiger charge is 2.33. The van der Waals surface area contributed by atoms with E-state index in [1.165, 1.54) is 12.1 Å². The molecule has 1 unspecified atom stereocenters. The number of nitrogens with zero attached hydrogens (tertiary/aromatic N) is 4. The van der Waals surface area contributed by atoms with Crippen LogP contribution in [0.25, 0.3) is 0 Å². The van der Waals surface area contributed by atoms with E-state index in [1.54, 1.807) is 24.0 Å². The fourth-order valence-electron chi connectivity index (χ4n) is 4.42. The maximum Gasteiger partial charge on any atom is 0.244 e. The van der Waals surface area contributed by atoms with Gasteiger partial charge in [-0.25, -0.2) is 9.38 Å². The molecule has 9 heteroatoms. The van der Waals surface area contributed by atoms with E-state index in [0.29, 0.717) is 61.8 Å². The summed E-state index contributed by atoms with van der Waals surface area (Å²) in [6, 6.07) is 11.3. The van der Waals surface area contributed by atoms with E-state index < -0.39 is 6.04 Å². The van der Waals surface area contributed by atoms with Crippen molar-refractivity contribution in [2.75, 3.05) is 49.9 Å². The van der Waals surface area contributed by atoms with Gasteiger partial charge in [-0.3, -0.25) is 9.69 Å². The Morgan fingerprint density at radius 2 is 1.86 bits per heavy atom. The number of amides is 1. The predicted molar refractivity (Wildman–Crippen MR) is 138 cm³/mol. The highest BCUT2D eigenvalue weighted by Crippen LogP contribution is 2.30. The Kier molecular flexibility index (Phi) is 8.84. The van der Waals surface area contributed by atoms with E-state index >= 15 is 0 Å². The second-order valence-electron chi connectivity index (χ2n) is 8.53. The summed E-state index contributed by atoms with van der Waals surface area (Å²) in [4.78, 5) is 28.6. The molecule has 2 aromatic carbocycles. The van der Waals surface area contributed by atoms with Crippen LogP contribution >= 0.6 is 0 Å². The molecule has 3 rings (SSSR count). The third kappa shape index (κ3) is 6.17. The highest BCUT2D eigenvalue weighted by atomic mass is 19.1. The Bertz CT molecular complexity index is 1080. The van der Waals surface area contributed by atoms with Gasteiger partial charge in [0.05, 0.1) is 11.4 Å². The van der Waals surface area contributed by atoms with Gasteiger partial charge in [0.15, 0.2) is 0 Å². The van der Waals surface area contributed by atoms with Crippen molar-refractivity contribution in [3.63, 3.8) is 0 Å². The Balaban J connectivity index is 1.80. The molecule has 1 aliphatic rings. The van der Waals surface area contributed by atoms with Crippen molar-refractivity contribution >= 4 is 23.2 Å². The average molecular weight is 483 g/mol. The first-order valence-electron chi connectivity index (χ1n) is 11.8. The van der Waals surface area contributed by atoms with Crippen molar-refractivity contribution in [2.24, 2.45) is 10.9 Å². The second-order valence-corrected chi connectivity index (χ2v) is 8.53. The number of rotatable bonds is 8. The number of allylic oxidation sites excluding steroid dienone is 1. The SMILES string of the molecule is C=C(C)N=C(ON)c1ccc(N2CCN(C(C(=O)N(CC)CC)c3cccc(F)c3)CC2)c(N)c1. The van der Waals surface area contributed by atoms with Crippen molar-refractivity contribution < 1.29 is 14.0 Å². The van der Waals surface area contributed by atoms with Gasteiger partial charge in [0.2, 0.25) is 11.8 Å². The molecular weight excluding hydrogens is 447 g/mol. The minimum atomic E-state index is -0.532. The first kappa shape index (κ1) is 26.2. The molecule has 1 amide bonds. The number of hydrogen-bond donors (Lipinski definition) is 2. The van der Waals surface area contributed by atoms with Gasteiger partial charge in [0.25, 0.3) is 0 Å². The molecule has 1 atom stereocenters. The van der Waals surface area contributed by atoms with E-state index in [0.717, 1.165) is 5.69 Å². The lowest BCUT2D eigenvalue weighted by molar-refractivity contribution is -0.137. The van der Waals surface area contributed by atoms with E-state index in [-0.39, 0.29) is 17.6 Å². The van der Waals surface area contributed by atoms with Gasteiger partial charge in [-0.15, -0.1) is 0 Å². The molecule has 1 heterocycles. The van der Waals surface area contributed by atoms with Gasteiger partial charge in [-0.05, 0) is 56.7 Å². The summed E-state index contributed by atoms with van der Waals surface area (Å²) in [5.74, 6) is 5.26. The number of piperazine rings is 1. The fraction of sp³-hybridized carbons (Fsp3) is 0.385. The molecule has 1 aliphatic heterocycles. The quantitative estimate of drug-likeness (QED) is 0.259. The molecule has 2 aromatic rings. The van der Waals surface area contributed by atoms with Crippen molar-refractivity contribution in [1.29, 1.82) is 0 Å². The average Bonchev–Trinajstić information content (AvgIpc) is 2.84. The van der Waals surface area contributed by atoms with Crippen LogP contribution in [-0.4, -0.2) is 60.9 Å². The number of anilines is 2. The maximum atomic E-state index is 14.0. The highest BCUT2D eigenvalue weighted by molar-refractivity contribution is 5.96. The van der Waals surface area contributed by atoms with Crippen LogP contribution in [0.2, 0.25) is 0 Å². The number of hydrogen-bond acceptors (Lipinski definition) is 7. The van der Waals surface area contributed by atoms with Gasteiger partial charge in [-0.1, -0.05) is 18.7 Å². The lowest BCUT2D eigenvalue weighted by atomic mass is 10.0. The van der Waals surface area contributed by atoms with Gasteiger partial charge in [-0.2, -0.15) is 5.90 Å². The van der Waals surface area contributed by atoms with Crippen molar-refractivity contribution in [2.45, 2.75) is 26.8 Å². The summed E-state index contributed by atoms with van der Waals surface area (Å²) < 4.78 is 14.0. The first-order valence-corrected chi connectivity index (χ1v) is 11.8. The zero-order chi connectivity index (χ0) is 25.5. The number of benzene rings is 2. The third-order valence-electron chi connectivity index (χ3n) is 6.17. The van der Waals surface area contributed by atoms with E-state index in [4.69, 9.17) is 16.5 Å². The molecular formula is C26H35FN6O2. The minimum absolute atomic E-state index is 0.0102. The van der Waals surface area contributed by atoms with E-state index in [9.17, 15) is 9.18 Å². The van der Waals surface area contributed by atoms with Crippen LogP contribution in [0.4, 0.5) is 15.8 Å². The number of aliphatic imine (C=N–C) groups is 1. The van der Waals surface area contributed by atoms with Gasteiger partial charge >= 0.3 is 0 Å². The molecule has 0 radical (unpaired) electrons. The lowest BCUT2D eigenvalue weighted by Gasteiger charge is -2.41. The molecule has 35 heavy (non-hydrogen) atoms. The van der Waals surface area contributed by atoms with Crippen LogP contribution in [0, 0.1) is 5.82 Å². The Morgan fingerprint density at radius 1 is 1.17 bits per heavy atom. The van der Waals surface area contributed by atoms with Crippen LogP contribution in [-0.2, 0) is 9.63 Å². The molecule has 0 spiro atoms. The minimum Gasteiger partial charge on any atom is -0.397 e. The molecule has 0 aromatic heterocycles. The van der Waals surface area contributed by atoms with Crippen LogP contribution < -0.4 is 16.5 Å². The summed E-state index contributed by atoms with van der Waals surface area (Å²) in [7, 11) is 0. The molecule has 4 N–H and O–H groups in total. The van der Waals surface area contributed by atoms with Gasteiger partial charge in [0.1, 0.15) is 11.9 Å². The lowest BCUT2D eigenvalue weighted by Crippen LogP contribution is -2.51. The summed E-state index contributed by atoms with van der Waals surface area (Å²) in [5.41, 5.74) is 9.73. The van der Waals surface area contributed by atoms with Crippen LogP contribution in [0.15, 0.2) is 59.7 Å². The standard InChI is InChI=1S/C26H35FN6O2/c1-5-31(6-2)26(34)24(19-8-7-9-21(27)16-19)33-14-12-32(13-15-33)23-11-10-20(17-22(23)28)25(35-29)30-18(3)4/h7-11,16-17,24H,3,5-6,12-15,28-29H2,1-2,4H3. The van der Waals surface area contributed by atoms with Crippen LogP contribution in [0.3, 0.4) is 0 Å². The number of nitrogens with two attached hydrogens (primary N) is 2. The molecule has 1 fully saturated rings. The fourth-order valence-corrected chi connectivity index (χ4v) is 4.42. The molecule has 0 aliphatic carbocycles. The normalized spacial score (nSPS) is 15.6. The summed E-state index contributed by atoms with van der Waals surface area (Å²) in [6.45, 7) is 13.2. The number of carbonyl (C=O) groups is 1. The monoisotopic (exact) mass is 482 g/mol. The predicted octanol–water partition coefficient (Wildman–Crippen LogP) is 3.31. The van der Waals surface area contributed by atoms with Crippen LogP contribution in [0.5, 0.6) is 0 Å². The van der Waals surface area contributed by atoms with Crippen molar-refractivity contribution in [3.05, 3.63) is 71.7 Å². The van der Waals surface area contributed by atoms with Gasteiger partial charge < -0.3 is 20.4 Å². The summed E-state index contributed by atoms with van der Waals surface area (Å²) >= 11 is 0. The molecule has 0 saturated carbocycles. The molecule has 1 saturated heterocycles. The molecule has 0 bridgehead atoms. The zero-order valence-electron chi connectivity index (χ0n) is 20.7. The largest absolute Gasteiger partial charge is 0.397 e. The molecule has 8 nitrogen and oxygen atoms in total. The topological polar surface area (TPSA) is 100 Å². The summed E-state index contributed by atoms with van der Waals surface area (Å²) in [6.07, 6.45) is 0. The first-order chi connectivity index (χ1) is 16.8. The number of halogens is 1. The molecule has 188 valence electrons. The number of carbonyl (C=O) groups excluding carboxylic acids is 1. The second kappa shape index (κ2) is 11.8. The van der Waals surface area contributed by atoms with E-state index in [1.807, 2.05) is 32.0 Å². The van der Waals surface area contributed by atoms with E-state index in [2.05, 4.69) is 21.4 Å². The van der Waals surface area contributed by atoms with Gasteiger partial charge in [0, 0.05) is 50.5 Å². The zero-order valence-corrected chi connectivity index (χ0v) is 20.7. The third-order valence-corrected chi connectivity index (χ3v) is 6.17. The van der Waals surface area contributed by atoms with Crippen molar-refractivity contribution in [3.8, 4) is 0 Å². The smallest absolute Gasteiger partial charge is 0.244 e. The Hall–Kier alpha value is -3.43. The maximum absolute atomic E-state index is 14.0.